The van der Waals surface area contributed by atoms with Crippen molar-refractivity contribution in [3.8, 4) is 0 Å². The number of rotatable bonds is 4. The molecule has 1 aliphatic heterocycles. The van der Waals surface area contributed by atoms with Crippen molar-refractivity contribution in [1.29, 1.82) is 0 Å². The number of carbonyl (C=O) groups excluding carboxylic acids is 2. The molecule has 1 aliphatic rings. The fraction of sp³-hybridized carbons (Fsp3) is 0.250. The zero-order chi connectivity index (χ0) is 14.7. The number of hydrogen-bond donors (Lipinski definition) is 2. The molecule has 0 saturated carbocycles. The molecule has 21 heavy (non-hydrogen) atoms. The van der Waals surface area contributed by atoms with E-state index in [4.69, 9.17) is 0 Å². The Morgan fingerprint density at radius 1 is 1.24 bits per heavy atom. The molecule has 0 radical (unpaired) electrons. The number of hydrogen-bond acceptors (Lipinski definition) is 2. The van der Waals surface area contributed by atoms with Crippen LogP contribution >= 0.6 is 0 Å². The van der Waals surface area contributed by atoms with Crippen molar-refractivity contribution in [1.82, 2.24) is 9.88 Å². The average Bonchev–Trinajstić information content (AvgIpc) is 3.00. The first-order valence-corrected chi connectivity index (χ1v) is 7.04. The van der Waals surface area contributed by atoms with Crippen molar-refractivity contribution in [3.05, 3.63) is 53.9 Å². The molecule has 1 aromatic carbocycles. The van der Waals surface area contributed by atoms with Gasteiger partial charge in [-0.1, -0.05) is 0 Å². The summed E-state index contributed by atoms with van der Waals surface area (Å²) in [6, 6.07) is 9.32. The second kappa shape index (κ2) is 5.83. The van der Waals surface area contributed by atoms with E-state index in [-0.39, 0.29) is 11.8 Å². The summed E-state index contributed by atoms with van der Waals surface area (Å²) in [5.74, 6) is -0.0479. The molecule has 0 atom stereocenters. The van der Waals surface area contributed by atoms with E-state index < -0.39 is 0 Å². The summed E-state index contributed by atoms with van der Waals surface area (Å²) in [4.78, 5) is 23.4. The zero-order valence-corrected chi connectivity index (χ0v) is 11.6. The van der Waals surface area contributed by atoms with Gasteiger partial charge in [0.05, 0.1) is 0 Å². The van der Waals surface area contributed by atoms with Crippen LogP contribution in [0.1, 0.15) is 22.3 Å². The fourth-order valence-corrected chi connectivity index (χ4v) is 2.44. The van der Waals surface area contributed by atoms with Gasteiger partial charge in [0.25, 0.3) is 5.91 Å². The number of aryl methyl sites for hydroxylation is 1. The molecule has 5 nitrogen and oxygen atoms in total. The van der Waals surface area contributed by atoms with Crippen molar-refractivity contribution in [3.63, 3.8) is 0 Å². The molecule has 3 rings (SSSR count). The number of nitrogens with zero attached hydrogens (tertiary/aromatic N) is 1. The Morgan fingerprint density at radius 2 is 2.05 bits per heavy atom. The molecule has 0 saturated heterocycles. The summed E-state index contributed by atoms with van der Waals surface area (Å²) >= 11 is 0. The van der Waals surface area contributed by atoms with Crippen LogP contribution < -0.4 is 10.6 Å². The van der Waals surface area contributed by atoms with Crippen molar-refractivity contribution in [2.75, 3.05) is 11.9 Å². The van der Waals surface area contributed by atoms with Crippen LogP contribution in [0.25, 0.3) is 0 Å². The fourth-order valence-electron chi connectivity index (χ4n) is 2.44. The molecule has 2 N–H and O–H groups in total. The van der Waals surface area contributed by atoms with E-state index in [0.717, 1.165) is 17.8 Å². The van der Waals surface area contributed by atoms with E-state index in [1.165, 1.54) is 0 Å². The standard InChI is InChI=1S/C16H17N3O2/c20-15-6-4-12-11-13(3-5-14(12)18-15)16(21)17-7-10-19-8-1-2-9-19/h1-3,5,8-9,11H,4,6-7,10H2,(H,17,21)(H,18,20). The molecule has 2 aromatic rings. The highest BCUT2D eigenvalue weighted by atomic mass is 16.2. The van der Waals surface area contributed by atoms with Gasteiger partial charge in [0.1, 0.15) is 0 Å². The van der Waals surface area contributed by atoms with Crippen molar-refractivity contribution in [2.24, 2.45) is 0 Å². The number of benzene rings is 1. The lowest BCUT2D eigenvalue weighted by Crippen LogP contribution is -2.27. The molecule has 0 aliphatic carbocycles. The highest BCUT2D eigenvalue weighted by Crippen LogP contribution is 2.23. The highest BCUT2D eigenvalue weighted by Gasteiger charge is 2.16. The Balaban J connectivity index is 1.61. The molecule has 5 heteroatoms. The third-order valence-corrected chi connectivity index (χ3v) is 3.58. The first-order valence-electron chi connectivity index (χ1n) is 7.04. The molecule has 2 amide bonds. The monoisotopic (exact) mass is 283 g/mol. The third-order valence-electron chi connectivity index (χ3n) is 3.58. The molecule has 1 aromatic heterocycles. The van der Waals surface area contributed by atoms with Gasteiger partial charge in [-0.15, -0.1) is 0 Å². The lowest BCUT2D eigenvalue weighted by Gasteiger charge is -2.17. The molecule has 0 bridgehead atoms. The number of amides is 2. The molecule has 0 spiro atoms. The smallest absolute Gasteiger partial charge is 0.251 e. The maximum absolute atomic E-state index is 12.1. The SMILES string of the molecule is O=C1CCc2cc(C(=O)NCCn3cccc3)ccc2N1. The van der Waals surface area contributed by atoms with Crippen LogP contribution in [0.2, 0.25) is 0 Å². The normalized spacial score (nSPS) is 13.4. The highest BCUT2D eigenvalue weighted by molar-refractivity contribution is 5.97. The lowest BCUT2D eigenvalue weighted by molar-refractivity contribution is -0.116. The van der Waals surface area contributed by atoms with Crippen molar-refractivity contribution >= 4 is 17.5 Å². The van der Waals surface area contributed by atoms with Gasteiger partial charge >= 0.3 is 0 Å². The van der Waals surface area contributed by atoms with Crippen LogP contribution in [0.15, 0.2) is 42.7 Å². The summed E-state index contributed by atoms with van der Waals surface area (Å²) in [5, 5.41) is 5.72. The Hall–Kier alpha value is -2.56. The van der Waals surface area contributed by atoms with Gasteiger partial charge in [-0.3, -0.25) is 9.59 Å². The predicted molar refractivity (Wildman–Crippen MR) is 80.2 cm³/mol. The van der Waals surface area contributed by atoms with E-state index in [2.05, 4.69) is 10.6 Å². The number of anilines is 1. The van der Waals surface area contributed by atoms with Crippen molar-refractivity contribution in [2.45, 2.75) is 19.4 Å². The molecule has 0 fully saturated rings. The number of aromatic nitrogens is 1. The Bertz CT molecular complexity index is 662. The average molecular weight is 283 g/mol. The minimum absolute atomic E-state index is 0.0337. The molecule has 2 heterocycles. The summed E-state index contributed by atoms with van der Waals surface area (Å²) in [6.45, 7) is 1.33. The molecular formula is C16H17N3O2. The van der Waals surface area contributed by atoms with Crippen LogP contribution in [0, 0.1) is 0 Å². The Labute approximate surface area is 123 Å². The van der Waals surface area contributed by atoms with Crippen LogP contribution in [0.5, 0.6) is 0 Å². The third kappa shape index (κ3) is 3.13. The minimum Gasteiger partial charge on any atom is -0.353 e. The Morgan fingerprint density at radius 3 is 2.86 bits per heavy atom. The summed E-state index contributed by atoms with van der Waals surface area (Å²) in [5.41, 5.74) is 2.47. The first kappa shape index (κ1) is 13.4. The van der Waals surface area contributed by atoms with Gasteiger partial charge in [0.2, 0.25) is 5.91 Å². The van der Waals surface area contributed by atoms with Crippen LogP contribution in [-0.4, -0.2) is 22.9 Å². The quantitative estimate of drug-likeness (QED) is 0.898. The van der Waals surface area contributed by atoms with Gasteiger partial charge in [-0.2, -0.15) is 0 Å². The van der Waals surface area contributed by atoms with Gasteiger partial charge in [0.15, 0.2) is 0 Å². The second-order valence-electron chi connectivity index (χ2n) is 5.10. The van der Waals surface area contributed by atoms with Crippen molar-refractivity contribution < 1.29 is 9.59 Å². The van der Waals surface area contributed by atoms with Gasteiger partial charge < -0.3 is 15.2 Å². The number of nitrogens with one attached hydrogen (secondary N) is 2. The summed E-state index contributed by atoms with van der Waals surface area (Å²) < 4.78 is 2.02. The van der Waals surface area contributed by atoms with Crippen LogP contribution in [0.4, 0.5) is 5.69 Å². The number of fused-ring (bicyclic) bond motifs is 1. The van der Waals surface area contributed by atoms with Gasteiger partial charge in [0, 0.05) is 43.2 Å². The maximum atomic E-state index is 12.1. The molecule has 108 valence electrons. The van der Waals surface area contributed by atoms with E-state index in [9.17, 15) is 9.59 Å². The van der Waals surface area contributed by atoms with E-state index in [1.807, 2.05) is 35.2 Å². The van der Waals surface area contributed by atoms with E-state index in [1.54, 1.807) is 12.1 Å². The predicted octanol–water partition coefficient (Wildman–Crippen LogP) is 1.80. The lowest BCUT2D eigenvalue weighted by atomic mass is 10.00. The maximum Gasteiger partial charge on any atom is 0.251 e. The van der Waals surface area contributed by atoms with Gasteiger partial charge in [-0.25, -0.2) is 0 Å². The van der Waals surface area contributed by atoms with Crippen LogP contribution in [-0.2, 0) is 17.8 Å². The minimum atomic E-state index is -0.0816. The Kier molecular flexibility index (Phi) is 3.73. The topological polar surface area (TPSA) is 63.1 Å². The largest absolute Gasteiger partial charge is 0.353 e. The summed E-state index contributed by atoms with van der Waals surface area (Å²) in [6.07, 6.45) is 5.10. The van der Waals surface area contributed by atoms with Gasteiger partial charge in [-0.05, 0) is 42.3 Å². The second-order valence-corrected chi connectivity index (χ2v) is 5.10. The zero-order valence-electron chi connectivity index (χ0n) is 11.6. The molecule has 0 unspecified atom stereocenters. The van der Waals surface area contributed by atoms with E-state index >= 15 is 0 Å². The first-order chi connectivity index (χ1) is 10.2. The van der Waals surface area contributed by atoms with Crippen LogP contribution in [0.3, 0.4) is 0 Å². The summed E-state index contributed by atoms with van der Waals surface area (Å²) in [7, 11) is 0. The van der Waals surface area contributed by atoms with E-state index in [0.29, 0.717) is 24.9 Å². The number of carbonyl (C=O) groups is 2. The molecular weight excluding hydrogens is 266 g/mol.